The minimum Gasteiger partial charge on any atom is -0.481 e. The fourth-order valence-electron chi connectivity index (χ4n) is 1.68. The summed E-state index contributed by atoms with van der Waals surface area (Å²) in [5.74, 6) is 0.269. The number of primary amides is 1. The highest BCUT2D eigenvalue weighted by Gasteiger charge is 2.16. The van der Waals surface area contributed by atoms with E-state index in [0.29, 0.717) is 16.5 Å². The Morgan fingerprint density at radius 1 is 1.25 bits per heavy atom. The van der Waals surface area contributed by atoms with Crippen LogP contribution in [-0.4, -0.2) is 23.0 Å². The quantitative estimate of drug-likeness (QED) is 0.842. The summed E-state index contributed by atoms with van der Waals surface area (Å²) in [5, 5.41) is 2.57. The lowest BCUT2D eigenvalue weighted by Gasteiger charge is -2.14. The van der Waals surface area contributed by atoms with Crippen molar-refractivity contribution in [1.82, 2.24) is 10.3 Å². The Morgan fingerprint density at radius 3 is 2.62 bits per heavy atom. The van der Waals surface area contributed by atoms with Crippen molar-refractivity contribution in [2.75, 3.05) is 0 Å². The van der Waals surface area contributed by atoms with Gasteiger partial charge in [0.15, 0.2) is 6.10 Å². The third-order valence-corrected chi connectivity index (χ3v) is 3.20. The summed E-state index contributed by atoms with van der Waals surface area (Å²) in [5.41, 5.74) is 4.88. The minimum absolute atomic E-state index is 0.178. The first kappa shape index (κ1) is 17.8. The third-order valence-electron chi connectivity index (χ3n) is 2.72. The molecule has 0 bridgehead atoms. The number of amides is 3. The lowest BCUT2D eigenvalue weighted by Crippen LogP contribution is -2.42. The van der Waals surface area contributed by atoms with Gasteiger partial charge >= 0.3 is 6.03 Å². The van der Waals surface area contributed by atoms with E-state index in [9.17, 15) is 9.59 Å². The summed E-state index contributed by atoms with van der Waals surface area (Å²) >= 11 is 11.8. The van der Waals surface area contributed by atoms with E-state index in [-0.39, 0.29) is 10.9 Å². The number of pyridine rings is 1. The van der Waals surface area contributed by atoms with Crippen molar-refractivity contribution >= 4 is 35.1 Å². The highest BCUT2D eigenvalue weighted by Crippen LogP contribution is 2.30. The molecule has 2 rings (SSSR count). The molecule has 0 saturated heterocycles. The van der Waals surface area contributed by atoms with Crippen molar-refractivity contribution in [2.24, 2.45) is 5.73 Å². The van der Waals surface area contributed by atoms with E-state index in [1.54, 1.807) is 24.3 Å². The Bertz CT molecular complexity index is 770. The van der Waals surface area contributed by atoms with E-state index in [4.69, 9.17) is 38.4 Å². The Hall–Kier alpha value is -2.51. The number of carbonyl (C=O) groups excluding carboxylic acids is 2. The van der Waals surface area contributed by atoms with Crippen LogP contribution in [0.3, 0.4) is 0 Å². The molecule has 24 heavy (non-hydrogen) atoms. The number of nitrogens with two attached hydrogens (primary N) is 1. The van der Waals surface area contributed by atoms with Crippen molar-refractivity contribution in [3.05, 3.63) is 46.6 Å². The molecule has 0 spiro atoms. The number of urea groups is 1. The van der Waals surface area contributed by atoms with E-state index in [1.807, 2.05) is 5.32 Å². The van der Waals surface area contributed by atoms with Crippen molar-refractivity contribution in [2.45, 2.75) is 13.0 Å². The summed E-state index contributed by atoms with van der Waals surface area (Å²) < 4.78 is 11.0. The highest BCUT2D eigenvalue weighted by atomic mass is 35.5. The van der Waals surface area contributed by atoms with Crippen LogP contribution in [0.4, 0.5) is 4.79 Å². The second-order valence-electron chi connectivity index (χ2n) is 4.63. The van der Waals surface area contributed by atoms with E-state index in [2.05, 4.69) is 4.98 Å². The molecule has 1 aromatic heterocycles. The average Bonchev–Trinajstić information content (AvgIpc) is 2.50. The summed E-state index contributed by atoms with van der Waals surface area (Å²) in [6.07, 6.45) is 0.476. The fraction of sp³-hybridized carbons (Fsp3) is 0.133. The average molecular weight is 370 g/mol. The summed E-state index contributed by atoms with van der Waals surface area (Å²) in [7, 11) is 0. The molecule has 9 heteroatoms. The van der Waals surface area contributed by atoms with Gasteiger partial charge in [0.05, 0.1) is 5.02 Å². The minimum atomic E-state index is -0.948. The number of nitrogens with zero attached hydrogens (tertiary/aromatic N) is 1. The molecule has 126 valence electrons. The van der Waals surface area contributed by atoms with Crippen molar-refractivity contribution in [1.29, 1.82) is 0 Å². The maximum Gasteiger partial charge on any atom is 0.318 e. The standard InChI is InChI=1S/C15H13Cl2N3O4/c1-8(13(21)20-15(18)22)23-10-3-2-4-11(6-10)24-14-12(17)5-9(16)7-19-14/h2-8H,1H3,(H3,18,20,21,22). The number of ether oxygens (including phenoxy) is 2. The topological polar surface area (TPSA) is 104 Å². The van der Waals surface area contributed by atoms with Gasteiger partial charge in [0, 0.05) is 12.3 Å². The van der Waals surface area contributed by atoms with Crippen LogP contribution in [0.2, 0.25) is 10.0 Å². The first-order valence-electron chi connectivity index (χ1n) is 6.71. The van der Waals surface area contributed by atoms with Gasteiger partial charge in [-0.1, -0.05) is 29.3 Å². The predicted molar refractivity (Wildman–Crippen MR) is 88.6 cm³/mol. The van der Waals surface area contributed by atoms with E-state index < -0.39 is 18.0 Å². The van der Waals surface area contributed by atoms with Gasteiger partial charge < -0.3 is 15.2 Å². The Labute approximate surface area is 147 Å². The largest absolute Gasteiger partial charge is 0.481 e. The molecule has 0 aliphatic rings. The molecule has 2 aromatic rings. The summed E-state index contributed by atoms with van der Waals surface area (Å²) in [6, 6.07) is 7.04. The molecule has 1 unspecified atom stereocenters. The van der Waals surface area contributed by atoms with Gasteiger partial charge in [-0.25, -0.2) is 9.78 Å². The number of hydrogen-bond acceptors (Lipinski definition) is 5. The maximum atomic E-state index is 11.6. The van der Waals surface area contributed by atoms with Gasteiger partial charge in [0.2, 0.25) is 5.88 Å². The normalized spacial score (nSPS) is 11.5. The molecule has 0 aliphatic heterocycles. The number of nitrogens with one attached hydrogen (secondary N) is 1. The monoisotopic (exact) mass is 369 g/mol. The molecule has 0 radical (unpaired) electrons. The number of aromatic nitrogens is 1. The molecule has 1 aromatic carbocycles. The summed E-state index contributed by atoms with van der Waals surface area (Å²) in [4.78, 5) is 26.3. The molecule has 0 fully saturated rings. The second kappa shape index (κ2) is 7.85. The lowest BCUT2D eigenvalue weighted by atomic mass is 10.3. The SMILES string of the molecule is CC(Oc1cccc(Oc2ncc(Cl)cc2Cl)c1)C(=O)NC(N)=O. The zero-order valence-corrected chi connectivity index (χ0v) is 14.0. The molecule has 0 saturated carbocycles. The zero-order chi connectivity index (χ0) is 17.7. The van der Waals surface area contributed by atoms with Gasteiger partial charge in [-0.05, 0) is 25.1 Å². The summed E-state index contributed by atoms with van der Waals surface area (Å²) in [6.45, 7) is 1.48. The third kappa shape index (κ3) is 5.00. The van der Waals surface area contributed by atoms with Crippen LogP contribution in [0.5, 0.6) is 17.4 Å². The number of hydrogen-bond donors (Lipinski definition) is 2. The Kier molecular flexibility index (Phi) is 5.83. The molecule has 1 heterocycles. The first-order valence-corrected chi connectivity index (χ1v) is 7.46. The van der Waals surface area contributed by atoms with Crippen LogP contribution in [0.1, 0.15) is 6.92 Å². The molecular weight excluding hydrogens is 357 g/mol. The predicted octanol–water partition coefficient (Wildman–Crippen LogP) is 3.14. The highest BCUT2D eigenvalue weighted by molar-refractivity contribution is 6.35. The second-order valence-corrected chi connectivity index (χ2v) is 5.47. The zero-order valence-electron chi connectivity index (χ0n) is 12.5. The number of carbonyl (C=O) groups is 2. The molecule has 3 N–H and O–H groups in total. The van der Waals surface area contributed by atoms with Crippen LogP contribution in [-0.2, 0) is 4.79 Å². The van der Waals surface area contributed by atoms with Gasteiger partial charge in [-0.2, -0.15) is 0 Å². The number of rotatable bonds is 5. The Morgan fingerprint density at radius 2 is 1.96 bits per heavy atom. The van der Waals surface area contributed by atoms with E-state index in [0.717, 1.165) is 0 Å². The molecule has 0 aliphatic carbocycles. The van der Waals surface area contributed by atoms with Gasteiger partial charge in [-0.3, -0.25) is 10.1 Å². The lowest BCUT2D eigenvalue weighted by molar-refractivity contribution is -0.126. The molecule has 3 amide bonds. The number of imide groups is 1. The molecule has 7 nitrogen and oxygen atoms in total. The number of halogens is 2. The van der Waals surface area contributed by atoms with Gasteiger partial charge in [0.25, 0.3) is 5.91 Å². The van der Waals surface area contributed by atoms with Crippen molar-refractivity contribution in [3.63, 3.8) is 0 Å². The molecular formula is C15H13Cl2N3O4. The first-order chi connectivity index (χ1) is 11.3. The van der Waals surface area contributed by atoms with Crippen molar-refractivity contribution < 1.29 is 19.1 Å². The van der Waals surface area contributed by atoms with Gasteiger partial charge in [0.1, 0.15) is 16.5 Å². The van der Waals surface area contributed by atoms with Crippen LogP contribution in [0.15, 0.2) is 36.5 Å². The van der Waals surface area contributed by atoms with Crippen molar-refractivity contribution in [3.8, 4) is 17.4 Å². The number of benzene rings is 1. The smallest absolute Gasteiger partial charge is 0.318 e. The van der Waals surface area contributed by atoms with Gasteiger partial charge in [-0.15, -0.1) is 0 Å². The van der Waals surface area contributed by atoms with Crippen LogP contribution in [0, 0.1) is 0 Å². The molecule has 1 atom stereocenters. The van der Waals surface area contributed by atoms with Crippen LogP contribution in [0.25, 0.3) is 0 Å². The maximum absolute atomic E-state index is 11.6. The fourth-order valence-corrected chi connectivity index (χ4v) is 2.10. The Balaban J connectivity index is 2.08. The van der Waals surface area contributed by atoms with Crippen LogP contribution >= 0.6 is 23.2 Å². The van der Waals surface area contributed by atoms with E-state index >= 15 is 0 Å². The van der Waals surface area contributed by atoms with Crippen LogP contribution < -0.4 is 20.5 Å². The van der Waals surface area contributed by atoms with E-state index in [1.165, 1.54) is 19.2 Å².